The standard InChI is InChI=1S/C23H21ClN2O6S/c1-2-32-18-11-9-17(10-12-18)26(33(30,31)19-13-7-16(24)8-14-19)15-22(27)25-21-6-4-3-5-20(21)23(28)29/h3-14H,2,15H2,1H3,(H,25,27)(H,28,29)/p-1. The van der Waals surface area contributed by atoms with E-state index in [9.17, 15) is 23.1 Å². The first kappa shape index (κ1) is 24.1. The Hall–Kier alpha value is -3.56. The lowest BCUT2D eigenvalue weighted by Crippen LogP contribution is -2.38. The molecule has 0 bridgehead atoms. The monoisotopic (exact) mass is 487 g/mol. The number of rotatable bonds is 9. The number of nitrogens with zero attached hydrogens (tertiary/aromatic N) is 1. The third kappa shape index (κ3) is 5.82. The minimum atomic E-state index is -4.17. The molecule has 0 aliphatic rings. The van der Waals surface area contributed by atoms with Crippen LogP contribution in [0.15, 0.2) is 77.7 Å². The minimum Gasteiger partial charge on any atom is -0.545 e. The molecule has 0 unspecified atom stereocenters. The number of benzene rings is 3. The molecule has 1 N–H and O–H groups in total. The maximum atomic E-state index is 13.4. The summed E-state index contributed by atoms with van der Waals surface area (Å²) in [5, 5.41) is 14.1. The smallest absolute Gasteiger partial charge is 0.264 e. The number of nitrogens with one attached hydrogen (secondary N) is 1. The molecule has 0 atom stereocenters. The van der Waals surface area contributed by atoms with E-state index in [0.717, 1.165) is 4.31 Å². The molecule has 33 heavy (non-hydrogen) atoms. The van der Waals surface area contributed by atoms with Gasteiger partial charge in [-0.15, -0.1) is 0 Å². The van der Waals surface area contributed by atoms with Gasteiger partial charge in [0.1, 0.15) is 12.3 Å². The number of amides is 1. The first-order valence-electron chi connectivity index (χ1n) is 9.83. The fraction of sp³-hybridized carbons (Fsp3) is 0.130. The highest BCUT2D eigenvalue weighted by Gasteiger charge is 2.27. The number of hydrogen-bond acceptors (Lipinski definition) is 6. The molecule has 0 aromatic heterocycles. The van der Waals surface area contributed by atoms with E-state index in [0.29, 0.717) is 17.4 Å². The Labute approximate surface area is 196 Å². The lowest BCUT2D eigenvalue weighted by atomic mass is 10.2. The van der Waals surface area contributed by atoms with Crippen molar-refractivity contribution < 1.29 is 27.9 Å². The van der Waals surface area contributed by atoms with Crippen molar-refractivity contribution in [2.75, 3.05) is 22.8 Å². The number of aromatic carboxylic acids is 1. The summed E-state index contributed by atoms with van der Waals surface area (Å²) in [6.07, 6.45) is 0. The average Bonchev–Trinajstić information content (AvgIpc) is 2.79. The van der Waals surface area contributed by atoms with Gasteiger partial charge < -0.3 is 20.0 Å². The fourth-order valence-electron chi connectivity index (χ4n) is 3.01. The van der Waals surface area contributed by atoms with E-state index >= 15 is 0 Å². The van der Waals surface area contributed by atoms with Gasteiger partial charge in [0.05, 0.1) is 23.2 Å². The van der Waals surface area contributed by atoms with Crippen LogP contribution in [0.1, 0.15) is 17.3 Å². The van der Waals surface area contributed by atoms with Crippen LogP contribution in [-0.2, 0) is 14.8 Å². The van der Waals surface area contributed by atoms with Gasteiger partial charge in [0, 0.05) is 16.3 Å². The average molecular weight is 488 g/mol. The Morgan fingerprint density at radius 3 is 2.24 bits per heavy atom. The topological polar surface area (TPSA) is 116 Å². The van der Waals surface area contributed by atoms with Crippen LogP contribution < -0.4 is 19.5 Å². The first-order valence-corrected chi connectivity index (χ1v) is 11.7. The van der Waals surface area contributed by atoms with E-state index in [4.69, 9.17) is 16.3 Å². The number of ether oxygens (including phenoxy) is 1. The predicted molar refractivity (Wildman–Crippen MR) is 123 cm³/mol. The largest absolute Gasteiger partial charge is 0.545 e. The Balaban J connectivity index is 1.96. The summed E-state index contributed by atoms with van der Waals surface area (Å²) >= 11 is 5.88. The number of sulfonamides is 1. The van der Waals surface area contributed by atoms with Crippen molar-refractivity contribution in [1.82, 2.24) is 0 Å². The summed E-state index contributed by atoms with van der Waals surface area (Å²) < 4.78 is 33.1. The molecule has 0 saturated carbocycles. The quantitative estimate of drug-likeness (QED) is 0.496. The SMILES string of the molecule is CCOc1ccc(N(CC(=O)Nc2ccccc2C(=O)[O-])S(=O)(=O)c2ccc(Cl)cc2)cc1. The molecule has 3 aromatic rings. The first-order chi connectivity index (χ1) is 15.7. The van der Waals surface area contributed by atoms with Gasteiger partial charge >= 0.3 is 0 Å². The van der Waals surface area contributed by atoms with E-state index in [1.54, 1.807) is 12.1 Å². The van der Waals surface area contributed by atoms with Crippen LogP contribution in [0.25, 0.3) is 0 Å². The van der Waals surface area contributed by atoms with E-state index in [2.05, 4.69) is 5.32 Å². The van der Waals surface area contributed by atoms with Gasteiger partial charge in [0.2, 0.25) is 5.91 Å². The summed E-state index contributed by atoms with van der Waals surface area (Å²) in [5.74, 6) is -1.67. The van der Waals surface area contributed by atoms with Gasteiger partial charge in [0.15, 0.2) is 0 Å². The van der Waals surface area contributed by atoms with Crippen molar-refractivity contribution in [2.24, 2.45) is 0 Å². The molecule has 0 heterocycles. The molecular formula is C23H20ClN2O6S-. The molecular weight excluding hydrogens is 468 g/mol. The second-order valence-corrected chi connectivity index (χ2v) is 9.07. The highest BCUT2D eigenvalue weighted by molar-refractivity contribution is 7.92. The summed E-state index contributed by atoms with van der Waals surface area (Å²) in [7, 11) is -4.17. The van der Waals surface area contributed by atoms with Gasteiger partial charge in [-0.05, 0) is 61.5 Å². The number of carbonyl (C=O) groups excluding carboxylic acids is 2. The van der Waals surface area contributed by atoms with Gasteiger partial charge in [0.25, 0.3) is 10.0 Å². The van der Waals surface area contributed by atoms with Crippen molar-refractivity contribution in [3.63, 3.8) is 0 Å². The highest BCUT2D eigenvalue weighted by Crippen LogP contribution is 2.27. The Morgan fingerprint density at radius 2 is 1.64 bits per heavy atom. The van der Waals surface area contributed by atoms with Crippen LogP contribution in [-0.4, -0.2) is 33.4 Å². The number of carbonyl (C=O) groups is 2. The number of hydrogen-bond donors (Lipinski definition) is 1. The number of anilines is 2. The van der Waals surface area contributed by atoms with Gasteiger partial charge in [-0.25, -0.2) is 8.42 Å². The zero-order valence-corrected chi connectivity index (χ0v) is 19.1. The van der Waals surface area contributed by atoms with Crippen LogP contribution in [0.3, 0.4) is 0 Å². The lowest BCUT2D eigenvalue weighted by molar-refractivity contribution is -0.254. The highest BCUT2D eigenvalue weighted by atomic mass is 35.5. The molecule has 3 rings (SSSR count). The van der Waals surface area contributed by atoms with E-state index in [1.165, 1.54) is 60.7 Å². The molecule has 0 spiro atoms. The molecule has 0 saturated heterocycles. The molecule has 0 fully saturated rings. The van der Waals surface area contributed by atoms with Crippen molar-refractivity contribution in [3.8, 4) is 5.75 Å². The van der Waals surface area contributed by atoms with E-state index in [-0.39, 0.29) is 21.8 Å². The number of carboxylic acid groups (broad SMARTS) is 1. The third-order valence-electron chi connectivity index (χ3n) is 4.55. The molecule has 3 aromatic carbocycles. The van der Waals surface area contributed by atoms with Crippen molar-refractivity contribution in [2.45, 2.75) is 11.8 Å². The second-order valence-electron chi connectivity index (χ2n) is 6.77. The summed E-state index contributed by atoms with van der Waals surface area (Å²) in [5.41, 5.74) is -0.00574. The molecule has 172 valence electrons. The molecule has 0 aliphatic carbocycles. The van der Waals surface area contributed by atoms with Gasteiger partial charge in [-0.1, -0.05) is 29.8 Å². The van der Waals surface area contributed by atoms with Crippen LogP contribution in [0, 0.1) is 0 Å². The third-order valence-corrected chi connectivity index (χ3v) is 6.59. The number of halogens is 1. The molecule has 1 amide bonds. The second kappa shape index (κ2) is 10.4. The van der Waals surface area contributed by atoms with Crippen molar-refractivity contribution in [3.05, 3.63) is 83.4 Å². The maximum Gasteiger partial charge on any atom is 0.264 e. The normalized spacial score (nSPS) is 11.0. The Kier molecular flexibility index (Phi) is 7.57. The van der Waals surface area contributed by atoms with Crippen LogP contribution in [0.2, 0.25) is 5.02 Å². The summed E-state index contributed by atoms with van der Waals surface area (Å²) in [6, 6.07) is 17.4. The van der Waals surface area contributed by atoms with Crippen molar-refractivity contribution >= 4 is 44.9 Å². The summed E-state index contributed by atoms with van der Waals surface area (Å²) in [6.45, 7) is 1.65. The summed E-state index contributed by atoms with van der Waals surface area (Å²) in [4.78, 5) is 24.0. The van der Waals surface area contributed by atoms with Crippen LogP contribution in [0.4, 0.5) is 11.4 Å². The number of para-hydroxylation sites is 1. The zero-order chi connectivity index (χ0) is 24.0. The van der Waals surface area contributed by atoms with Gasteiger partial charge in [-0.3, -0.25) is 9.10 Å². The Bertz CT molecular complexity index is 1240. The van der Waals surface area contributed by atoms with E-state index in [1.807, 2.05) is 6.92 Å². The number of carboxylic acids is 1. The lowest BCUT2D eigenvalue weighted by Gasteiger charge is -2.24. The molecule has 0 radical (unpaired) electrons. The molecule has 8 nitrogen and oxygen atoms in total. The van der Waals surface area contributed by atoms with E-state index < -0.39 is 28.4 Å². The maximum absolute atomic E-state index is 13.4. The predicted octanol–water partition coefficient (Wildman–Crippen LogP) is 2.94. The van der Waals surface area contributed by atoms with Gasteiger partial charge in [-0.2, -0.15) is 0 Å². The van der Waals surface area contributed by atoms with Crippen molar-refractivity contribution in [1.29, 1.82) is 0 Å². The fourth-order valence-corrected chi connectivity index (χ4v) is 4.56. The zero-order valence-electron chi connectivity index (χ0n) is 17.5. The molecule has 10 heteroatoms. The van der Waals surface area contributed by atoms with Crippen LogP contribution >= 0.6 is 11.6 Å². The van der Waals surface area contributed by atoms with Crippen LogP contribution in [0.5, 0.6) is 5.75 Å². The Morgan fingerprint density at radius 1 is 1.00 bits per heavy atom. The minimum absolute atomic E-state index is 0.00182. The molecule has 0 aliphatic heterocycles.